The van der Waals surface area contributed by atoms with E-state index in [1.54, 1.807) is 0 Å². The highest BCUT2D eigenvalue weighted by Crippen LogP contribution is 2.69. The molecule has 1 fully saturated rings. The molecular weight excluding hydrogens is 315 g/mol. The van der Waals surface area contributed by atoms with Crippen LogP contribution in [0.3, 0.4) is 0 Å². The summed E-state index contributed by atoms with van der Waals surface area (Å²) < 4.78 is 91.4. The molecule has 11 heteroatoms. The molecule has 96 valence electrons. The van der Waals surface area contributed by atoms with E-state index in [-0.39, 0.29) is 0 Å². The number of alkyl halides is 10. The van der Waals surface area contributed by atoms with Crippen molar-refractivity contribution in [3.05, 3.63) is 0 Å². The topological polar surface area (TPSA) is 9.23 Å². The SMILES string of the molecule is FC(F)(Cl)C1(C(F)(F)Cl)O[C@](F)(Cl)C1(F)F. The first-order chi connectivity index (χ1) is 6.71. The van der Waals surface area contributed by atoms with E-state index in [9.17, 15) is 30.7 Å². The molecule has 0 unspecified atom stereocenters. The molecule has 0 aromatic carbocycles. The van der Waals surface area contributed by atoms with E-state index in [1.165, 1.54) is 0 Å². The van der Waals surface area contributed by atoms with Crippen LogP contribution in [0.1, 0.15) is 0 Å². The van der Waals surface area contributed by atoms with Crippen LogP contribution in [0.25, 0.3) is 0 Å². The molecule has 0 N–H and O–H groups in total. The molecule has 0 saturated carbocycles. The van der Waals surface area contributed by atoms with Gasteiger partial charge in [-0.3, -0.25) is 0 Å². The Labute approximate surface area is 98.4 Å². The Morgan fingerprint density at radius 2 is 1.19 bits per heavy atom. The van der Waals surface area contributed by atoms with Gasteiger partial charge in [-0.1, -0.05) is 0 Å². The third kappa shape index (κ3) is 1.42. The minimum absolute atomic E-state index is 3.04. The summed E-state index contributed by atoms with van der Waals surface area (Å²) in [7, 11) is 0. The van der Waals surface area contributed by atoms with Crippen molar-refractivity contribution in [2.45, 2.75) is 27.6 Å². The molecule has 1 saturated heterocycles. The number of rotatable bonds is 2. The van der Waals surface area contributed by atoms with Gasteiger partial charge in [0.05, 0.1) is 0 Å². The second kappa shape index (κ2) is 3.21. The van der Waals surface area contributed by atoms with Gasteiger partial charge < -0.3 is 4.74 Å². The maximum atomic E-state index is 12.9. The van der Waals surface area contributed by atoms with Crippen molar-refractivity contribution in [1.29, 1.82) is 0 Å². The Morgan fingerprint density at radius 1 is 0.875 bits per heavy atom. The lowest BCUT2D eigenvalue weighted by atomic mass is 9.89. The van der Waals surface area contributed by atoms with Crippen LogP contribution >= 0.6 is 34.8 Å². The first-order valence-electron chi connectivity index (χ1n) is 3.30. The van der Waals surface area contributed by atoms with Crippen molar-refractivity contribution >= 4 is 34.8 Å². The van der Waals surface area contributed by atoms with Crippen LogP contribution in [-0.2, 0) is 4.74 Å². The van der Waals surface area contributed by atoms with Crippen molar-refractivity contribution in [3.63, 3.8) is 0 Å². The Kier molecular flexibility index (Phi) is 2.89. The Hall–Kier alpha value is 0.340. The summed E-state index contributed by atoms with van der Waals surface area (Å²) in [6, 6.07) is 0. The minimum Gasteiger partial charge on any atom is -0.301 e. The highest BCUT2D eigenvalue weighted by atomic mass is 35.5. The molecule has 1 heterocycles. The summed E-state index contributed by atoms with van der Waals surface area (Å²) in [5.41, 5.74) is -5.05. The van der Waals surface area contributed by atoms with Crippen molar-refractivity contribution in [2.75, 3.05) is 0 Å². The van der Waals surface area contributed by atoms with E-state index < -0.39 is 27.6 Å². The van der Waals surface area contributed by atoms with E-state index in [0.29, 0.717) is 0 Å². The molecule has 1 nitrogen and oxygen atoms in total. The molecule has 0 bridgehead atoms. The zero-order valence-corrected chi connectivity index (χ0v) is 8.96. The molecule has 0 spiro atoms. The van der Waals surface area contributed by atoms with Crippen LogP contribution in [0.15, 0.2) is 0 Å². The smallest absolute Gasteiger partial charge is 0.301 e. The monoisotopic (exact) mass is 314 g/mol. The predicted molar refractivity (Wildman–Crippen MR) is 40.1 cm³/mol. The van der Waals surface area contributed by atoms with E-state index in [4.69, 9.17) is 0 Å². The van der Waals surface area contributed by atoms with E-state index in [0.717, 1.165) is 0 Å². The van der Waals surface area contributed by atoms with Gasteiger partial charge in [0.2, 0.25) is 0 Å². The molecule has 16 heavy (non-hydrogen) atoms. The van der Waals surface area contributed by atoms with Gasteiger partial charge in [-0.05, 0) is 34.8 Å². The second-order valence-corrected chi connectivity index (χ2v) is 4.31. The number of hydrogen-bond donors (Lipinski definition) is 0. The molecule has 1 aliphatic heterocycles. The number of ether oxygens (including phenoxy) is 1. The third-order valence-corrected chi connectivity index (χ3v) is 2.73. The Balaban J connectivity index is 3.35. The molecule has 1 aliphatic rings. The third-order valence-electron chi connectivity index (χ3n) is 1.89. The summed E-state index contributed by atoms with van der Waals surface area (Å²) in [6.07, 6.45) is 0. The van der Waals surface area contributed by atoms with Gasteiger partial charge in [-0.25, -0.2) is 0 Å². The van der Waals surface area contributed by atoms with Crippen molar-refractivity contribution in [3.8, 4) is 0 Å². The van der Waals surface area contributed by atoms with Crippen LogP contribution in [0.2, 0.25) is 0 Å². The van der Waals surface area contributed by atoms with Gasteiger partial charge in [-0.2, -0.15) is 30.7 Å². The predicted octanol–water partition coefficient (Wildman–Crippen LogP) is 3.92. The first-order valence-corrected chi connectivity index (χ1v) is 4.43. The summed E-state index contributed by atoms with van der Waals surface area (Å²) in [5.74, 6) is -5.49. The van der Waals surface area contributed by atoms with Gasteiger partial charge in [0.15, 0.2) is 0 Å². The van der Waals surface area contributed by atoms with Gasteiger partial charge in [-0.15, -0.1) is 0 Å². The van der Waals surface area contributed by atoms with Gasteiger partial charge in [0, 0.05) is 0 Å². The molecule has 0 amide bonds. The fraction of sp³-hybridized carbons (Fsp3) is 1.00. The van der Waals surface area contributed by atoms with Gasteiger partial charge in [0.25, 0.3) is 5.60 Å². The zero-order chi connectivity index (χ0) is 13.2. The second-order valence-electron chi connectivity index (χ2n) is 2.87. The average Bonchev–Trinajstić information content (AvgIpc) is 1.94. The summed E-state index contributed by atoms with van der Waals surface area (Å²) in [6.45, 7) is 0. The van der Waals surface area contributed by atoms with Crippen molar-refractivity contribution in [2.24, 2.45) is 0 Å². The lowest BCUT2D eigenvalue weighted by molar-refractivity contribution is -0.494. The van der Waals surface area contributed by atoms with Gasteiger partial charge >= 0.3 is 22.0 Å². The molecule has 1 atom stereocenters. The molecular formula is C5Cl3F7O. The zero-order valence-electron chi connectivity index (χ0n) is 6.69. The maximum absolute atomic E-state index is 12.9. The summed E-state index contributed by atoms with van der Waals surface area (Å²) >= 11 is 12.4. The number of halogens is 10. The van der Waals surface area contributed by atoms with Crippen LogP contribution in [-0.4, -0.2) is 27.6 Å². The Bertz CT molecular complexity index is 292. The lowest BCUT2D eigenvalue weighted by Gasteiger charge is -2.55. The molecule has 0 aromatic heterocycles. The molecule has 0 radical (unpaired) electrons. The minimum atomic E-state index is -5.49. The largest absolute Gasteiger partial charge is 0.364 e. The quantitative estimate of drug-likeness (QED) is 0.554. The van der Waals surface area contributed by atoms with Crippen LogP contribution in [0.5, 0.6) is 0 Å². The van der Waals surface area contributed by atoms with Crippen molar-refractivity contribution < 1.29 is 35.5 Å². The highest BCUT2D eigenvalue weighted by Gasteiger charge is 2.96. The fourth-order valence-corrected chi connectivity index (χ4v) is 1.96. The van der Waals surface area contributed by atoms with E-state index in [1.807, 2.05) is 0 Å². The highest BCUT2D eigenvalue weighted by molar-refractivity contribution is 6.28. The molecule has 1 rings (SSSR count). The summed E-state index contributed by atoms with van der Waals surface area (Å²) in [5, 5.41) is -15.2. The number of hydrogen-bond acceptors (Lipinski definition) is 1. The first kappa shape index (κ1) is 14.4. The fourth-order valence-electron chi connectivity index (χ4n) is 1.11. The average molecular weight is 315 g/mol. The van der Waals surface area contributed by atoms with Gasteiger partial charge in [0.1, 0.15) is 0 Å². The van der Waals surface area contributed by atoms with E-state index in [2.05, 4.69) is 39.5 Å². The maximum Gasteiger partial charge on any atom is 0.364 e. The van der Waals surface area contributed by atoms with Crippen molar-refractivity contribution in [1.82, 2.24) is 0 Å². The van der Waals surface area contributed by atoms with Crippen LogP contribution in [0, 0.1) is 0 Å². The Morgan fingerprint density at radius 3 is 1.25 bits per heavy atom. The van der Waals surface area contributed by atoms with E-state index >= 15 is 0 Å². The molecule has 0 aromatic rings. The lowest BCUT2D eigenvalue weighted by Crippen LogP contribution is -2.83. The standard InChI is InChI=1S/C5Cl3F7O/c6-3(11,12)1(4(7,13)14)2(9,10)5(8,15)16-1/t5-/m0/s1. The van der Waals surface area contributed by atoms with Crippen LogP contribution < -0.4 is 0 Å². The summed E-state index contributed by atoms with van der Waals surface area (Å²) in [4.78, 5) is 0. The van der Waals surface area contributed by atoms with Crippen LogP contribution in [0.4, 0.5) is 30.7 Å². The normalized spacial score (nSPS) is 33.4. The molecule has 0 aliphatic carbocycles.